The summed E-state index contributed by atoms with van der Waals surface area (Å²) < 4.78 is 0. The lowest BCUT2D eigenvalue weighted by Crippen LogP contribution is -2.29. The molecule has 0 aromatic rings. The quantitative estimate of drug-likeness (QED) is 0.618. The Bertz CT molecular complexity index is 199. The first-order chi connectivity index (χ1) is 6.61. The highest BCUT2D eigenvalue weighted by molar-refractivity contribution is 5.75. The van der Waals surface area contributed by atoms with E-state index >= 15 is 0 Å². The highest BCUT2D eigenvalue weighted by Gasteiger charge is 2.46. The molecule has 0 amide bonds. The Morgan fingerprint density at radius 2 is 2.00 bits per heavy atom. The van der Waals surface area contributed by atoms with E-state index in [-0.39, 0.29) is 6.61 Å². The molecule has 0 saturated heterocycles. The second-order valence-electron chi connectivity index (χ2n) is 4.53. The fourth-order valence-electron chi connectivity index (χ4n) is 1.99. The van der Waals surface area contributed by atoms with Gasteiger partial charge in [0.25, 0.3) is 0 Å². The molecular weight excluding hydrogens is 180 g/mol. The summed E-state index contributed by atoms with van der Waals surface area (Å²) in [6, 6.07) is 0. The predicted molar refractivity (Wildman–Crippen MR) is 54.0 cm³/mol. The molecule has 2 N–H and O–H groups in total. The van der Waals surface area contributed by atoms with E-state index in [0.29, 0.717) is 5.92 Å². The maximum atomic E-state index is 11.1. The normalized spacial score (nSPS) is 20.4. The SMILES string of the molecule is CC(CCCCCO)(C(=O)O)C1CC1. The van der Waals surface area contributed by atoms with Gasteiger partial charge in [-0.3, -0.25) is 4.79 Å². The Kier molecular flexibility index (Phi) is 3.93. The summed E-state index contributed by atoms with van der Waals surface area (Å²) in [5.41, 5.74) is -0.505. The van der Waals surface area contributed by atoms with E-state index in [1.54, 1.807) is 0 Å². The molecule has 0 heterocycles. The van der Waals surface area contributed by atoms with Gasteiger partial charge in [0.05, 0.1) is 5.41 Å². The van der Waals surface area contributed by atoms with Gasteiger partial charge in [-0.1, -0.05) is 12.8 Å². The molecule has 1 aliphatic rings. The fraction of sp³-hybridized carbons (Fsp3) is 0.909. The van der Waals surface area contributed by atoms with Gasteiger partial charge < -0.3 is 10.2 Å². The third kappa shape index (κ3) is 2.71. The Labute approximate surface area is 85.1 Å². The van der Waals surface area contributed by atoms with Crippen molar-refractivity contribution in [2.75, 3.05) is 6.61 Å². The van der Waals surface area contributed by atoms with Crippen LogP contribution < -0.4 is 0 Å². The smallest absolute Gasteiger partial charge is 0.309 e. The average molecular weight is 200 g/mol. The van der Waals surface area contributed by atoms with Crippen LogP contribution in [-0.4, -0.2) is 22.8 Å². The van der Waals surface area contributed by atoms with Crippen LogP contribution in [0.2, 0.25) is 0 Å². The van der Waals surface area contributed by atoms with Gasteiger partial charge in [-0.15, -0.1) is 0 Å². The number of carbonyl (C=O) groups is 1. The minimum Gasteiger partial charge on any atom is -0.481 e. The first kappa shape index (κ1) is 11.5. The van der Waals surface area contributed by atoms with Crippen LogP contribution in [0.5, 0.6) is 0 Å². The number of hydrogen-bond acceptors (Lipinski definition) is 2. The Balaban J connectivity index is 2.32. The number of aliphatic carboxylic acids is 1. The Hall–Kier alpha value is -0.570. The third-order valence-electron chi connectivity index (χ3n) is 3.32. The molecule has 1 rings (SSSR count). The summed E-state index contributed by atoms with van der Waals surface area (Å²) in [5, 5.41) is 17.8. The molecule has 3 nitrogen and oxygen atoms in total. The van der Waals surface area contributed by atoms with Crippen molar-refractivity contribution < 1.29 is 15.0 Å². The van der Waals surface area contributed by atoms with Crippen molar-refractivity contribution in [3.05, 3.63) is 0 Å². The molecule has 0 radical (unpaired) electrons. The minimum atomic E-state index is -0.649. The molecule has 14 heavy (non-hydrogen) atoms. The van der Waals surface area contributed by atoms with Gasteiger partial charge in [0, 0.05) is 6.61 Å². The molecule has 0 aromatic heterocycles. The van der Waals surface area contributed by atoms with Crippen LogP contribution in [-0.2, 0) is 4.79 Å². The minimum absolute atomic E-state index is 0.215. The van der Waals surface area contributed by atoms with E-state index in [2.05, 4.69) is 0 Å². The van der Waals surface area contributed by atoms with Crippen molar-refractivity contribution >= 4 is 5.97 Å². The van der Waals surface area contributed by atoms with Crippen molar-refractivity contribution in [3.8, 4) is 0 Å². The van der Waals surface area contributed by atoms with Gasteiger partial charge in [-0.05, 0) is 38.5 Å². The van der Waals surface area contributed by atoms with Crippen LogP contribution in [0, 0.1) is 11.3 Å². The van der Waals surface area contributed by atoms with Crippen molar-refractivity contribution in [1.29, 1.82) is 0 Å². The molecule has 0 aliphatic heterocycles. The van der Waals surface area contributed by atoms with E-state index in [4.69, 9.17) is 10.2 Å². The summed E-state index contributed by atoms with van der Waals surface area (Å²) in [6.45, 7) is 2.08. The summed E-state index contributed by atoms with van der Waals surface area (Å²) in [4.78, 5) is 11.1. The van der Waals surface area contributed by atoms with Crippen LogP contribution in [0.15, 0.2) is 0 Å². The van der Waals surface area contributed by atoms with Crippen LogP contribution in [0.1, 0.15) is 45.4 Å². The summed E-state index contributed by atoms with van der Waals surface area (Å²) in [7, 11) is 0. The number of rotatable bonds is 7. The van der Waals surface area contributed by atoms with E-state index in [1.807, 2.05) is 6.92 Å². The van der Waals surface area contributed by atoms with Gasteiger partial charge in [0.2, 0.25) is 0 Å². The molecule has 1 fully saturated rings. The van der Waals surface area contributed by atoms with Crippen molar-refractivity contribution in [3.63, 3.8) is 0 Å². The monoisotopic (exact) mass is 200 g/mol. The lowest BCUT2D eigenvalue weighted by molar-refractivity contribution is -0.149. The Morgan fingerprint density at radius 1 is 1.36 bits per heavy atom. The van der Waals surface area contributed by atoms with Gasteiger partial charge >= 0.3 is 5.97 Å². The number of unbranched alkanes of at least 4 members (excludes halogenated alkanes) is 2. The zero-order valence-corrected chi connectivity index (χ0v) is 8.83. The van der Waals surface area contributed by atoms with Crippen LogP contribution in [0.3, 0.4) is 0 Å². The molecule has 1 unspecified atom stereocenters. The first-order valence-electron chi connectivity index (χ1n) is 5.45. The highest BCUT2D eigenvalue weighted by Crippen LogP contribution is 2.48. The fourth-order valence-corrected chi connectivity index (χ4v) is 1.99. The molecule has 1 aliphatic carbocycles. The molecule has 0 bridgehead atoms. The number of carboxylic acid groups (broad SMARTS) is 1. The second-order valence-corrected chi connectivity index (χ2v) is 4.53. The van der Waals surface area contributed by atoms with E-state index in [0.717, 1.165) is 38.5 Å². The number of hydrogen-bond donors (Lipinski definition) is 2. The lowest BCUT2D eigenvalue weighted by atomic mass is 9.80. The molecular formula is C11H20O3. The molecule has 0 spiro atoms. The number of aliphatic hydroxyl groups is 1. The van der Waals surface area contributed by atoms with Gasteiger partial charge in [0.15, 0.2) is 0 Å². The molecule has 3 heteroatoms. The highest BCUT2D eigenvalue weighted by atomic mass is 16.4. The van der Waals surface area contributed by atoms with Gasteiger partial charge in [-0.25, -0.2) is 0 Å². The lowest BCUT2D eigenvalue weighted by Gasteiger charge is -2.24. The average Bonchev–Trinajstić information content (AvgIpc) is 2.95. The standard InChI is InChI=1S/C11H20O3/c1-11(10(13)14,9-5-6-9)7-3-2-4-8-12/h9,12H,2-8H2,1H3,(H,13,14). The van der Waals surface area contributed by atoms with E-state index in [1.165, 1.54) is 0 Å². The summed E-state index contributed by atoms with van der Waals surface area (Å²) >= 11 is 0. The van der Waals surface area contributed by atoms with Crippen LogP contribution >= 0.6 is 0 Å². The molecule has 0 aromatic carbocycles. The van der Waals surface area contributed by atoms with Gasteiger partial charge in [-0.2, -0.15) is 0 Å². The van der Waals surface area contributed by atoms with Crippen LogP contribution in [0.25, 0.3) is 0 Å². The van der Waals surface area contributed by atoms with Gasteiger partial charge in [0.1, 0.15) is 0 Å². The number of carboxylic acids is 1. The largest absolute Gasteiger partial charge is 0.481 e. The van der Waals surface area contributed by atoms with Crippen molar-refractivity contribution in [1.82, 2.24) is 0 Å². The molecule has 82 valence electrons. The maximum Gasteiger partial charge on any atom is 0.309 e. The molecule has 1 saturated carbocycles. The summed E-state index contributed by atoms with van der Waals surface area (Å²) in [5.74, 6) is -0.252. The predicted octanol–water partition coefficient (Wildman–Crippen LogP) is 2.04. The van der Waals surface area contributed by atoms with Crippen LogP contribution in [0.4, 0.5) is 0 Å². The maximum absolute atomic E-state index is 11.1. The molecule has 1 atom stereocenters. The second kappa shape index (κ2) is 4.78. The van der Waals surface area contributed by atoms with E-state index in [9.17, 15) is 4.79 Å². The Morgan fingerprint density at radius 3 is 2.43 bits per heavy atom. The van der Waals surface area contributed by atoms with Crippen molar-refractivity contribution in [2.24, 2.45) is 11.3 Å². The first-order valence-corrected chi connectivity index (χ1v) is 5.45. The zero-order chi connectivity index (χ0) is 10.6. The topological polar surface area (TPSA) is 57.5 Å². The zero-order valence-electron chi connectivity index (χ0n) is 8.83. The van der Waals surface area contributed by atoms with Crippen molar-refractivity contribution in [2.45, 2.75) is 45.4 Å². The third-order valence-corrected chi connectivity index (χ3v) is 3.32. The summed E-state index contributed by atoms with van der Waals surface area (Å²) in [6.07, 6.45) is 5.55. The number of aliphatic hydroxyl groups excluding tert-OH is 1. The van der Waals surface area contributed by atoms with E-state index < -0.39 is 11.4 Å².